The summed E-state index contributed by atoms with van der Waals surface area (Å²) in [6, 6.07) is 2.46. The molecule has 1 aromatic carbocycles. The third-order valence-corrected chi connectivity index (χ3v) is 6.40. The Labute approximate surface area is 243 Å². The fourth-order valence-corrected chi connectivity index (χ4v) is 4.31. The summed E-state index contributed by atoms with van der Waals surface area (Å²) in [6.07, 6.45) is 1.86. The second-order valence-corrected chi connectivity index (χ2v) is 10.4. The molecule has 1 aromatic heterocycles. The Bertz CT molecular complexity index is 1290. The van der Waals surface area contributed by atoms with Gasteiger partial charge in [0.25, 0.3) is 0 Å². The van der Waals surface area contributed by atoms with Crippen LogP contribution in [0, 0.1) is 5.92 Å². The van der Waals surface area contributed by atoms with E-state index in [2.05, 4.69) is 25.9 Å². The monoisotopic (exact) mass is 587 g/mol. The van der Waals surface area contributed by atoms with Crippen molar-refractivity contribution >= 4 is 46.5 Å². The molecule has 0 radical (unpaired) electrons. The van der Waals surface area contributed by atoms with Crippen molar-refractivity contribution in [3.05, 3.63) is 36.0 Å². The highest BCUT2D eigenvalue weighted by molar-refractivity contribution is 5.96. The van der Waals surface area contributed by atoms with Gasteiger partial charge < -0.3 is 49.0 Å². The molecule has 4 atom stereocenters. The van der Waals surface area contributed by atoms with Crippen LogP contribution in [0.15, 0.2) is 35.5 Å². The van der Waals surface area contributed by atoms with E-state index in [-0.39, 0.29) is 37.7 Å². The minimum Gasteiger partial charge on any atom is -0.480 e. The van der Waals surface area contributed by atoms with E-state index in [1.165, 1.54) is 0 Å². The number of para-hydroxylation sites is 1. The number of aliphatic imine (C=N–C) groups is 1. The molecular formula is C27H41N9O6. The number of aromatic amines is 1. The number of amides is 4. The topological polar surface area (TPSA) is 274 Å². The predicted octanol–water partition coefficient (Wildman–Crippen LogP) is -1.45. The van der Waals surface area contributed by atoms with E-state index in [0.29, 0.717) is 12.0 Å². The molecule has 0 spiro atoms. The van der Waals surface area contributed by atoms with Crippen LogP contribution < -0.4 is 38.9 Å². The quantitative estimate of drug-likeness (QED) is 0.0594. The Morgan fingerprint density at radius 3 is 2.17 bits per heavy atom. The van der Waals surface area contributed by atoms with Crippen molar-refractivity contribution in [2.24, 2.45) is 33.8 Å². The molecule has 0 saturated heterocycles. The first-order chi connectivity index (χ1) is 19.8. The number of guanidine groups is 1. The molecule has 13 N–H and O–H groups in total. The van der Waals surface area contributed by atoms with Crippen molar-refractivity contribution in [1.82, 2.24) is 20.9 Å². The number of primary amides is 1. The lowest BCUT2D eigenvalue weighted by Crippen LogP contribution is -2.58. The summed E-state index contributed by atoms with van der Waals surface area (Å²) < 4.78 is 0. The molecule has 1 heterocycles. The number of aromatic nitrogens is 1. The lowest BCUT2D eigenvalue weighted by Gasteiger charge is -2.25. The number of carboxylic acid groups (broad SMARTS) is 1. The molecule has 0 aliphatic heterocycles. The normalized spacial score (nSPS) is 13.9. The van der Waals surface area contributed by atoms with Gasteiger partial charge in [-0.2, -0.15) is 0 Å². The Morgan fingerprint density at radius 1 is 0.929 bits per heavy atom. The molecule has 0 fully saturated rings. The first kappa shape index (κ1) is 33.5. The van der Waals surface area contributed by atoms with E-state index in [9.17, 15) is 29.1 Å². The number of nitrogens with zero attached hydrogens (tertiary/aromatic N) is 1. The van der Waals surface area contributed by atoms with Crippen LogP contribution in [-0.2, 0) is 30.4 Å². The van der Waals surface area contributed by atoms with Crippen LogP contribution in [0.2, 0.25) is 0 Å². The molecule has 0 aliphatic carbocycles. The molecule has 2 aromatic rings. The van der Waals surface area contributed by atoms with Crippen LogP contribution >= 0.6 is 0 Å². The van der Waals surface area contributed by atoms with Gasteiger partial charge in [0.15, 0.2) is 5.96 Å². The van der Waals surface area contributed by atoms with Gasteiger partial charge in [0, 0.05) is 30.1 Å². The summed E-state index contributed by atoms with van der Waals surface area (Å²) >= 11 is 0. The number of carbonyl (C=O) groups is 5. The van der Waals surface area contributed by atoms with Crippen LogP contribution in [0.3, 0.4) is 0 Å². The van der Waals surface area contributed by atoms with Crippen LogP contribution in [0.1, 0.15) is 45.1 Å². The van der Waals surface area contributed by atoms with E-state index in [1.807, 2.05) is 38.1 Å². The first-order valence-electron chi connectivity index (χ1n) is 13.6. The Morgan fingerprint density at radius 2 is 1.55 bits per heavy atom. The van der Waals surface area contributed by atoms with Gasteiger partial charge in [-0.05, 0) is 36.8 Å². The van der Waals surface area contributed by atoms with Gasteiger partial charge in [-0.3, -0.25) is 24.2 Å². The standard InChI is InChI=1S/C27H41N9O6/c1-14(2)10-19(24(39)36-21(26(41)42)11-15-13-33-18-8-4-3-6-16(15)18)35-25(40)20(12-22(29)37)34-23(38)17(28)7-5-9-32-27(30)31/h3-4,6,8,13-14,17,19-21,33H,5,7,9-12,28H2,1-2H3,(H2,29,37)(H,34,38)(H,35,40)(H,36,39)(H,41,42)(H4,30,31,32). The molecular weight excluding hydrogens is 546 g/mol. The summed E-state index contributed by atoms with van der Waals surface area (Å²) in [5, 5.41) is 18.1. The fraction of sp³-hybridized carbons (Fsp3) is 0.481. The number of aliphatic carboxylic acids is 1. The number of fused-ring (bicyclic) bond motifs is 1. The van der Waals surface area contributed by atoms with Crippen LogP contribution in [0.25, 0.3) is 10.9 Å². The van der Waals surface area contributed by atoms with Crippen LogP contribution in [-0.4, -0.2) is 76.4 Å². The molecule has 0 saturated carbocycles. The number of carbonyl (C=O) groups excluding carboxylic acids is 4. The SMILES string of the molecule is CC(C)CC(NC(=O)C(CC(N)=O)NC(=O)C(N)CCCN=C(N)N)C(=O)NC(Cc1c[nH]c2ccccc12)C(=O)O. The average Bonchev–Trinajstić information content (AvgIpc) is 3.31. The van der Waals surface area contributed by atoms with E-state index in [4.69, 9.17) is 22.9 Å². The molecule has 0 bridgehead atoms. The van der Waals surface area contributed by atoms with Crippen LogP contribution in [0.4, 0.5) is 0 Å². The Balaban J connectivity index is 2.13. The lowest BCUT2D eigenvalue weighted by molar-refractivity contribution is -0.142. The smallest absolute Gasteiger partial charge is 0.326 e. The van der Waals surface area contributed by atoms with E-state index in [1.54, 1.807) is 6.20 Å². The van der Waals surface area contributed by atoms with Gasteiger partial charge in [-0.25, -0.2) is 4.79 Å². The zero-order chi connectivity index (χ0) is 31.4. The molecule has 230 valence electrons. The zero-order valence-corrected chi connectivity index (χ0v) is 23.8. The number of H-pyrrole nitrogens is 1. The molecule has 15 nitrogen and oxygen atoms in total. The number of benzene rings is 1. The number of nitrogens with two attached hydrogens (primary N) is 4. The number of hydrogen-bond donors (Lipinski definition) is 9. The zero-order valence-electron chi connectivity index (χ0n) is 23.8. The van der Waals surface area contributed by atoms with Gasteiger partial charge in [-0.15, -0.1) is 0 Å². The van der Waals surface area contributed by atoms with Crippen molar-refractivity contribution in [3.63, 3.8) is 0 Å². The first-order valence-corrected chi connectivity index (χ1v) is 13.6. The van der Waals surface area contributed by atoms with Gasteiger partial charge in [0.2, 0.25) is 23.6 Å². The second-order valence-electron chi connectivity index (χ2n) is 10.4. The van der Waals surface area contributed by atoms with Gasteiger partial charge in [-0.1, -0.05) is 32.0 Å². The summed E-state index contributed by atoms with van der Waals surface area (Å²) in [6.45, 7) is 3.88. The Hall–Kier alpha value is -4.66. The van der Waals surface area contributed by atoms with Crippen molar-refractivity contribution < 1.29 is 29.1 Å². The molecule has 4 amide bonds. The molecule has 15 heteroatoms. The van der Waals surface area contributed by atoms with Crippen molar-refractivity contribution in [1.29, 1.82) is 0 Å². The largest absolute Gasteiger partial charge is 0.480 e. The van der Waals surface area contributed by atoms with Crippen LogP contribution in [0.5, 0.6) is 0 Å². The van der Waals surface area contributed by atoms with Gasteiger partial charge in [0.05, 0.1) is 12.5 Å². The summed E-state index contributed by atoms with van der Waals surface area (Å²) in [7, 11) is 0. The highest BCUT2D eigenvalue weighted by atomic mass is 16.4. The molecule has 4 unspecified atom stereocenters. The highest BCUT2D eigenvalue weighted by Gasteiger charge is 2.31. The number of nitrogens with one attached hydrogen (secondary N) is 4. The van der Waals surface area contributed by atoms with E-state index >= 15 is 0 Å². The van der Waals surface area contributed by atoms with Gasteiger partial charge in [0.1, 0.15) is 18.1 Å². The highest BCUT2D eigenvalue weighted by Crippen LogP contribution is 2.19. The number of hydrogen-bond acceptors (Lipinski definition) is 7. The van der Waals surface area contributed by atoms with E-state index < -0.39 is 60.2 Å². The summed E-state index contributed by atoms with van der Waals surface area (Å²) in [5.41, 5.74) is 23.3. The van der Waals surface area contributed by atoms with Crippen molar-refractivity contribution in [3.8, 4) is 0 Å². The third-order valence-electron chi connectivity index (χ3n) is 6.40. The summed E-state index contributed by atoms with van der Waals surface area (Å²) in [5.74, 6) is -4.60. The molecule has 2 rings (SSSR count). The maximum atomic E-state index is 13.3. The third kappa shape index (κ3) is 10.7. The lowest BCUT2D eigenvalue weighted by atomic mass is 10.0. The molecule has 0 aliphatic rings. The fourth-order valence-electron chi connectivity index (χ4n) is 4.31. The minimum atomic E-state index is -1.41. The average molecular weight is 588 g/mol. The number of rotatable bonds is 17. The second kappa shape index (κ2) is 16.0. The number of carboxylic acids is 1. The van der Waals surface area contributed by atoms with E-state index in [0.717, 1.165) is 10.9 Å². The Kier molecular flexibility index (Phi) is 12.7. The predicted molar refractivity (Wildman–Crippen MR) is 157 cm³/mol. The maximum Gasteiger partial charge on any atom is 0.326 e. The van der Waals surface area contributed by atoms with Gasteiger partial charge >= 0.3 is 5.97 Å². The van der Waals surface area contributed by atoms with Crippen molar-refractivity contribution in [2.45, 2.75) is 70.1 Å². The van der Waals surface area contributed by atoms with Crippen molar-refractivity contribution in [2.75, 3.05) is 6.54 Å². The minimum absolute atomic E-state index is 0.00510. The molecule has 42 heavy (non-hydrogen) atoms. The summed E-state index contributed by atoms with van der Waals surface area (Å²) in [4.78, 5) is 69.7. The maximum absolute atomic E-state index is 13.3.